The maximum atomic E-state index is 10.7. The first kappa shape index (κ1) is 16.8. The first-order valence-electron chi connectivity index (χ1n) is 8.36. The lowest BCUT2D eigenvalue weighted by molar-refractivity contribution is 0.0838. The molecular formula is C19H21NO6. The molecule has 0 saturated carbocycles. The van der Waals surface area contributed by atoms with Crippen LogP contribution in [0.1, 0.15) is 22.8 Å². The molecule has 0 fully saturated rings. The molecule has 2 aliphatic heterocycles. The number of phenols is 1. The number of nitrogens with zero attached hydrogens (tertiary/aromatic N) is 1. The quantitative estimate of drug-likeness (QED) is 0.866. The molecule has 2 aromatic rings. The smallest absolute Gasteiger partial charge is 0.231 e. The fourth-order valence-corrected chi connectivity index (χ4v) is 3.61. The van der Waals surface area contributed by atoms with Crippen LogP contribution in [0, 0.1) is 0 Å². The second-order valence-electron chi connectivity index (χ2n) is 6.38. The van der Waals surface area contributed by atoms with Gasteiger partial charge >= 0.3 is 0 Å². The average molecular weight is 359 g/mol. The summed E-state index contributed by atoms with van der Waals surface area (Å²) in [5.41, 5.74) is 2.37. The molecule has 138 valence electrons. The monoisotopic (exact) mass is 359 g/mol. The molecule has 0 radical (unpaired) electrons. The average Bonchev–Trinajstić information content (AvgIpc) is 3.08. The molecule has 26 heavy (non-hydrogen) atoms. The van der Waals surface area contributed by atoms with Crippen molar-refractivity contribution in [1.82, 2.24) is 4.90 Å². The lowest BCUT2D eigenvalue weighted by Gasteiger charge is -2.34. The van der Waals surface area contributed by atoms with E-state index >= 15 is 0 Å². The van der Waals surface area contributed by atoms with E-state index in [1.807, 2.05) is 11.0 Å². The molecule has 0 bridgehead atoms. The van der Waals surface area contributed by atoms with Gasteiger partial charge in [-0.2, -0.15) is 0 Å². The highest BCUT2D eigenvalue weighted by Crippen LogP contribution is 2.41. The number of rotatable bonds is 4. The van der Waals surface area contributed by atoms with Crippen molar-refractivity contribution >= 4 is 0 Å². The zero-order valence-electron chi connectivity index (χ0n) is 14.7. The molecule has 0 aromatic heterocycles. The lowest BCUT2D eigenvalue weighted by atomic mass is 9.94. The predicted octanol–water partition coefficient (Wildman–Crippen LogP) is 2.19. The number of fused-ring (bicyclic) bond motifs is 2. The summed E-state index contributed by atoms with van der Waals surface area (Å²) in [4.78, 5) is 2.05. The van der Waals surface area contributed by atoms with E-state index in [0.29, 0.717) is 48.2 Å². The highest BCUT2D eigenvalue weighted by molar-refractivity contribution is 5.53. The predicted molar refractivity (Wildman–Crippen MR) is 92.8 cm³/mol. The molecule has 7 heteroatoms. The van der Waals surface area contributed by atoms with Gasteiger partial charge in [0, 0.05) is 42.4 Å². The maximum Gasteiger partial charge on any atom is 0.231 e. The molecule has 1 atom stereocenters. The van der Waals surface area contributed by atoms with Crippen molar-refractivity contribution in [3.8, 4) is 28.7 Å². The minimum atomic E-state index is -0.708. The standard InChI is InChI=1S/C19H21NO6/c1-23-15-3-4-16(24-2)19-12(15)8-20(9-14(19)22)7-11-5-17-18(6-13(11)21)26-10-25-17/h3-6,14,21-22H,7-10H2,1-2H3. The van der Waals surface area contributed by atoms with E-state index in [1.165, 1.54) is 0 Å². The summed E-state index contributed by atoms with van der Waals surface area (Å²) in [6.07, 6.45) is -0.708. The number of β-amino-alcohol motifs (C(OH)–C–C–N with tert-alkyl or cyclic N) is 1. The Bertz CT molecular complexity index is 837. The molecule has 2 aromatic carbocycles. The van der Waals surface area contributed by atoms with E-state index < -0.39 is 6.10 Å². The topological polar surface area (TPSA) is 80.6 Å². The molecule has 7 nitrogen and oxygen atoms in total. The Morgan fingerprint density at radius 3 is 2.54 bits per heavy atom. The van der Waals surface area contributed by atoms with Crippen molar-refractivity contribution in [2.24, 2.45) is 0 Å². The van der Waals surface area contributed by atoms with Crippen LogP contribution < -0.4 is 18.9 Å². The number of methoxy groups -OCH3 is 2. The van der Waals surface area contributed by atoms with Crippen LogP contribution in [0.25, 0.3) is 0 Å². The summed E-state index contributed by atoms with van der Waals surface area (Å²) < 4.78 is 21.5. The minimum Gasteiger partial charge on any atom is -0.507 e. The van der Waals surface area contributed by atoms with E-state index in [-0.39, 0.29) is 12.5 Å². The van der Waals surface area contributed by atoms with Crippen LogP contribution in [0.2, 0.25) is 0 Å². The van der Waals surface area contributed by atoms with Crippen LogP contribution in [-0.4, -0.2) is 42.7 Å². The largest absolute Gasteiger partial charge is 0.507 e. The van der Waals surface area contributed by atoms with Gasteiger partial charge in [0.05, 0.1) is 20.3 Å². The fourth-order valence-electron chi connectivity index (χ4n) is 3.61. The Morgan fingerprint density at radius 2 is 1.81 bits per heavy atom. The van der Waals surface area contributed by atoms with Gasteiger partial charge in [-0.05, 0) is 18.2 Å². The molecule has 2 aliphatic rings. The van der Waals surface area contributed by atoms with Gasteiger partial charge in [-0.15, -0.1) is 0 Å². The van der Waals surface area contributed by atoms with Crippen molar-refractivity contribution in [2.75, 3.05) is 27.6 Å². The van der Waals surface area contributed by atoms with Crippen LogP contribution in [0.15, 0.2) is 24.3 Å². The van der Waals surface area contributed by atoms with Crippen molar-refractivity contribution in [2.45, 2.75) is 19.2 Å². The third kappa shape index (κ3) is 2.79. The number of hydrogen-bond acceptors (Lipinski definition) is 7. The lowest BCUT2D eigenvalue weighted by Crippen LogP contribution is -2.33. The van der Waals surface area contributed by atoms with Gasteiger partial charge in [0.25, 0.3) is 0 Å². The van der Waals surface area contributed by atoms with Crippen molar-refractivity contribution in [3.63, 3.8) is 0 Å². The van der Waals surface area contributed by atoms with Crippen LogP contribution in [0.5, 0.6) is 28.7 Å². The molecule has 0 spiro atoms. The van der Waals surface area contributed by atoms with E-state index in [9.17, 15) is 10.2 Å². The summed E-state index contributed by atoms with van der Waals surface area (Å²) in [6, 6.07) is 6.99. The van der Waals surface area contributed by atoms with Crippen molar-refractivity contribution in [3.05, 3.63) is 41.0 Å². The van der Waals surface area contributed by atoms with E-state index in [2.05, 4.69) is 0 Å². The number of hydrogen-bond donors (Lipinski definition) is 2. The van der Waals surface area contributed by atoms with Crippen molar-refractivity contribution < 1.29 is 29.2 Å². The number of ether oxygens (including phenoxy) is 4. The molecule has 4 rings (SSSR count). The molecule has 0 amide bonds. The normalized spacial score (nSPS) is 18.5. The SMILES string of the molecule is COc1ccc(OC)c2c1CN(Cc1cc3c(cc1O)OCO3)CC2O. The number of phenolic OH excluding ortho intramolecular Hbond substituents is 1. The number of aliphatic hydroxyl groups is 1. The van der Waals surface area contributed by atoms with Crippen LogP contribution in [-0.2, 0) is 13.1 Å². The molecule has 1 unspecified atom stereocenters. The Hall–Kier alpha value is -2.64. The number of benzene rings is 2. The summed E-state index contributed by atoms with van der Waals surface area (Å²) >= 11 is 0. The summed E-state index contributed by atoms with van der Waals surface area (Å²) in [7, 11) is 3.20. The van der Waals surface area contributed by atoms with Gasteiger partial charge in [0.15, 0.2) is 11.5 Å². The highest BCUT2D eigenvalue weighted by atomic mass is 16.7. The summed E-state index contributed by atoms with van der Waals surface area (Å²) in [5, 5.41) is 21.0. The third-order valence-corrected chi connectivity index (χ3v) is 4.83. The second kappa shape index (κ2) is 6.59. The fraction of sp³-hybridized carbons (Fsp3) is 0.368. The molecule has 0 aliphatic carbocycles. The van der Waals surface area contributed by atoms with Crippen LogP contribution >= 0.6 is 0 Å². The molecule has 2 heterocycles. The van der Waals surface area contributed by atoms with Gasteiger partial charge in [0.2, 0.25) is 6.79 Å². The summed E-state index contributed by atoms with van der Waals surface area (Å²) in [6.45, 7) is 1.61. The van der Waals surface area contributed by atoms with Gasteiger partial charge in [-0.25, -0.2) is 0 Å². The third-order valence-electron chi connectivity index (χ3n) is 4.83. The van der Waals surface area contributed by atoms with E-state index in [1.54, 1.807) is 32.4 Å². The van der Waals surface area contributed by atoms with E-state index in [4.69, 9.17) is 18.9 Å². The zero-order chi connectivity index (χ0) is 18.3. The molecular weight excluding hydrogens is 338 g/mol. The maximum absolute atomic E-state index is 10.7. The Morgan fingerprint density at radius 1 is 1.12 bits per heavy atom. The van der Waals surface area contributed by atoms with E-state index in [0.717, 1.165) is 11.1 Å². The van der Waals surface area contributed by atoms with Gasteiger partial charge in [-0.1, -0.05) is 0 Å². The van der Waals surface area contributed by atoms with Gasteiger partial charge < -0.3 is 29.2 Å². The number of aromatic hydroxyl groups is 1. The Labute approximate surface area is 151 Å². The van der Waals surface area contributed by atoms with Crippen LogP contribution in [0.3, 0.4) is 0 Å². The second-order valence-corrected chi connectivity index (χ2v) is 6.38. The molecule has 0 saturated heterocycles. The molecule has 2 N–H and O–H groups in total. The minimum absolute atomic E-state index is 0.146. The Kier molecular flexibility index (Phi) is 4.26. The van der Waals surface area contributed by atoms with Gasteiger partial charge in [-0.3, -0.25) is 4.90 Å². The van der Waals surface area contributed by atoms with Crippen LogP contribution in [0.4, 0.5) is 0 Å². The summed E-state index contributed by atoms with van der Waals surface area (Å²) in [5.74, 6) is 2.67. The highest BCUT2D eigenvalue weighted by Gasteiger charge is 2.30. The first-order chi connectivity index (χ1) is 12.6. The zero-order valence-corrected chi connectivity index (χ0v) is 14.7. The number of aliphatic hydroxyl groups excluding tert-OH is 1. The Balaban J connectivity index is 1.64. The first-order valence-corrected chi connectivity index (χ1v) is 8.36. The van der Waals surface area contributed by atoms with Gasteiger partial charge in [0.1, 0.15) is 17.2 Å². The van der Waals surface area contributed by atoms with Crippen molar-refractivity contribution in [1.29, 1.82) is 0 Å².